The van der Waals surface area contributed by atoms with E-state index < -0.39 is 30.4 Å². The van der Waals surface area contributed by atoms with Crippen molar-refractivity contribution in [2.75, 3.05) is 38.0 Å². The van der Waals surface area contributed by atoms with Gasteiger partial charge in [0, 0.05) is 24.3 Å². The predicted molar refractivity (Wildman–Crippen MR) is 120 cm³/mol. The number of piperazine rings is 1. The van der Waals surface area contributed by atoms with E-state index in [0.29, 0.717) is 5.69 Å². The van der Waals surface area contributed by atoms with E-state index in [1.54, 1.807) is 6.07 Å². The number of anilines is 1. The summed E-state index contributed by atoms with van der Waals surface area (Å²) in [6.45, 7) is -0.440. The largest absolute Gasteiger partial charge is 0.480 e. The summed E-state index contributed by atoms with van der Waals surface area (Å²) in [5.74, 6) is -2.63. The number of aliphatic carboxylic acids is 1. The molecule has 34 heavy (non-hydrogen) atoms. The van der Waals surface area contributed by atoms with E-state index in [4.69, 9.17) is 9.84 Å². The summed E-state index contributed by atoms with van der Waals surface area (Å²) in [5.41, 5.74) is 1.34. The van der Waals surface area contributed by atoms with E-state index in [2.05, 4.69) is 10.6 Å². The first kappa shape index (κ1) is 24.2. The average molecular weight is 468 g/mol. The van der Waals surface area contributed by atoms with Crippen molar-refractivity contribution in [3.05, 3.63) is 65.7 Å². The number of carboxylic acid groups (broad SMARTS) is 1. The Morgan fingerprint density at radius 3 is 2.47 bits per heavy atom. The van der Waals surface area contributed by atoms with Gasteiger partial charge in [-0.05, 0) is 23.8 Å². The lowest BCUT2D eigenvalue weighted by Gasteiger charge is -2.33. The van der Waals surface area contributed by atoms with Crippen molar-refractivity contribution >= 4 is 35.5 Å². The number of carboxylic acids is 1. The molecule has 1 aliphatic rings. The molecule has 4 amide bonds. The van der Waals surface area contributed by atoms with Crippen LogP contribution in [-0.2, 0) is 25.7 Å². The van der Waals surface area contributed by atoms with Gasteiger partial charge in [-0.15, -0.1) is 0 Å². The number of amides is 4. The van der Waals surface area contributed by atoms with Crippen LogP contribution in [0.3, 0.4) is 0 Å². The Balaban J connectivity index is 1.46. The van der Waals surface area contributed by atoms with Crippen LogP contribution in [0.2, 0.25) is 0 Å². The van der Waals surface area contributed by atoms with E-state index in [1.807, 2.05) is 30.3 Å². The summed E-state index contributed by atoms with van der Waals surface area (Å²) in [7, 11) is 0. The summed E-state index contributed by atoms with van der Waals surface area (Å²) < 4.78 is 5.24. The monoisotopic (exact) mass is 468 g/mol. The zero-order valence-electron chi connectivity index (χ0n) is 18.2. The van der Waals surface area contributed by atoms with Crippen LogP contribution in [0, 0.1) is 0 Å². The molecule has 1 fully saturated rings. The second kappa shape index (κ2) is 11.5. The molecule has 11 nitrogen and oxygen atoms in total. The van der Waals surface area contributed by atoms with Crippen LogP contribution < -0.4 is 10.6 Å². The third-order valence-electron chi connectivity index (χ3n) is 4.93. The Morgan fingerprint density at radius 2 is 1.76 bits per heavy atom. The fourth-order valence-electron chi connectivity index (χ4n) is 3.21. The number of ether oxygens (including phenoxy) is 1. The van der Waals surface area contributed by atoms with Crippen molar-refractivity contribution in [1.82, 2.24) is 15.1 Å². The molecule has 0 unspecified atom stereocenters. The van der Waals surface area contributed by atoms with Crippen LogP contribution in [0.15, 0.2) is 54.6 Å². The first-order chi connectivity index (χ1) is 16.3. The number of carbonyl (C=O) groups excluding carboxylic acids is 4. The highest BCUT2D eigenvalue weighted by atomic mass is 16.6. The second-order valence-corrected chi connectivity index (χ2v) is 7.48. The van der Waals surface area contributed by atoms with Crippen LogP contribution >= 0.6 is 0 Å². The lowest BCUT2D eigenvalue weighted by atomic mass is 10.2. The number of carbonyl (C=O) groups is 5. The molecular formula is C23H24N4O7. The van der Waals surface area contributed by atoms with Gasteiger partial charge in [-0.25, -0.2) is 4.79 Å². The Morgan fingerprint density at radius 1 is 1.00 bits per heavy atom. The van der Waals surface area contributed by atoms with Crippen molar-refractivity contribution in [2.45, 2.75) is 6.61 Å². The summed E-state index contributed by atoms with van der Waals surface area (Å²) in [5, 5.41) is 13.5. The second-order valence-electron chi connectivity index (χ2n) is 7.48. The molecule has 1 saturated heterocycles. The van der Waals surface area contributed by atoms with Crippen molar-refractivity contribution in [3.63, 3.8) is 0 Å². The number of nitrogens with zero attached hydrogens (tertiary/aromatic N) is 2. The van der Waals surface area contributed by atoms with Gasteiger partial charge in [0.05, 0.1) is 6.54 Å². The lowest BCUT2D eigenvalue weighted by Crippen LogP contribution is -2.53. The van der Waals surface area contributed by atoms with Gasteiger partial charge in [0.1, 0.15) is 19.7 Å². The third-order valence-corrected chi connectivity index (χ3v) is 4.93. The molecule has 0 bridgehead atoms. The summed E-state index contributed by atoms with van der Waals surface area (Å²) >= 11 is 0. The molecule has 178 valence electrons. The highest BCUT2D eigenvalue weighted by molar-refractivity contribution is 5.99. The van der Waals surface area contributed by atoms with Crippen LogP contribution in [0.5, 0.6) is 0 Å². The van der Waals surface area contributed by atoms with E-state index in [0.717, 1.165) is 5.56 Å². The molecule has 3 rings (SSSR count). The average Bonchev–Trinajstić information content (AvgIpc) is 2.83. The van der Waals surface area contributed by atoms with Crippen molar-refractivity contribution < 1.29 is 33.8 Å². The van der Waals surface area contributed by atoms with Crippen molar-refractivity contribution in [2.24, 2.45) is 0 Å². The molecule has 0 radical (unpaired) electrons. The maximum atomic E-state index is 12.4. The van der Waals surface area contributed by atoms with Crippen LogP contribution in [0.4, 0.5) is 10.5 Å². The zero-order chi connectivity index (χ0) is 24.5. The summed E-state index contributed by atoms with van der Waals surface area (Å²) in [6, 6.07) is 15.2. The minimum absolute atomic E-state index is 0.101. The Kier molecular flexibility index (Phi) is 8.16. The van der Waals surface area contributed by atoms with Crippen molar-refractivity contribution in [3.8, 4) is 0 Å². The molecule has 0 saturated carbocycles. The fourth-order valence-corrected chi connectivity index (χ4v) is 3.21. The van der Waals surface area contributed by atoms with Crippen LogP contribution in [0.25, 0.3) is 0 Å². The number of nitrogens with one attached hydrogen (secondary N) is 2. The van der Waals surface area contributed by atoms with Gasteiger partial charge >= 0.3 is 12.1 Å². The van der Waals surface area contributed by atoms with E-state index in [9.17, 15) is 24.0 Å². The smallest absolute Gasteiger partial charge is 0.410 e. The molecular weight excluding hydrogens is 444 g/mol. The maximum absolute atomic E-state index is 12.4. The number of hydrogen-bond acceptors (Lipinski definition) is 6. The molecule has 0 aromatic heterocycles. The minimum atomic E-state index is -1.17. The Bertz CT molecular complexity index is 1070. The predicted octanol–water partition coefficient (Wildman–Crippen LogP) is 0.921. The molecule has 0 aliphatic carbocycles. The van der Waals surface area contributed by atoms with Gasteiger partial charge in [0.25, 0.3) is 5.91 Å². The lowest BCUT2D eigenvalue weighted by molar-refractivity contribution is -0.138. The Labute approximate surface area is 195 Å². The van der Waals surface area contributed by atoms with Gasteiger partial charge in [0.15, 0.2) is 0 Å². The van der Waals surface area contributed by atoms with Gasteiger partial charge < -0.3 is 25.4 Å². The van der Waals surface area contributed by atoms with Crippen LogP contribution in [0.1, 0.15) is 15.9 Å². The molecule has 0 spiro atoms. The normalized spacial score (nSPS) is 13.2. The van der Waals surface area contributed by atoms with Gasteiger partial charge in [-0.2, -0.15) is 0 Å². The highest BCUT2D eigenvalue weighted by Crippen LogP contribution is 2.12. The van der Waals surface area contributed by atoms with Crippen LogP contribution in [-0.4, -0.2) is 77.4 Å². The quantitative estimate of drug-likeness (QED) is 0.522. The summed E-state index contributed by atoms with van der Waals surface area (Å²) in [6.07, 6.45) is -0.598. The maximum Gasteiger partial charge on any atom is 0.410 e. The Hall–Kier alpha value is -4.41. The number of hydrogen-bond donors (Lipinski definition) is 3. The first-order valence-electron chi connectivity index (χ1n) is 10.4. The molecule has 0 atom stereocenters. The molecule has 11 heteroatoms. The fraction of sp³-hybridized carbons (Fsp3) is 0.261. The van der Waals surface area contributed by atoms with E-state index in [-0.39, 0.29) is 44.3 Å². The zero-order valence-corrected chi connectivity index (χ0v) is 18.2. The molecule has 1 heterocycles. The standard InChI is InChI=1S/C23H24N4O7/c28-19(25-18-8-4-7-17(11-18)22(32)24-12-21(30)31)13-26-9-10-27(14-20(26)29)23(33)34-15-16-5-2-1-3-6-16/h1-8,11H,9-10,12-15H2,(H,24,32)(H,25,28)(H,30,31). The van der Waals surface area contributed by atoms with E-state index in [1.165, 1.54) is 28.0 Å². The van der Waals surface area contributed by atoms with Gasteiger partial charge in [-0.1, -0.05) is 36.4 Å². The van der Waals surface area contributed by atoms with Gasteiger partial charge in [0.2, 0.25) is 11.8 Å². The topological polar surface area (TPSA) is 145 Å². The van der Waals surface area contributed by atoms with E-state index >= 15 is 0 Å². The van der Waals surface area contributed by atoms with Gasteiger partial charge in [-0.3, -0.25) is 24.1 Å². The first-order valence-corrected chi connectivity index (χ1v) is 10.4. The SMILES string of the molecule is O=C(O)CNC(=O)c1cccc(NC(=O)CN2CCN(C(=O)OCc3ccccc3)CC2=O)c1. The third kappa shape index (κ3) is 7.05. The van der Waals surface area contributed by atoms with Crippen molar-refractivity contribution in [1.29, 1.82) is 0 Å². The number of rotatable bonds is 8. The molecule has 2 aromatic rings. The highest BCUT2D eigenvalue weighted by Gasteiger charge is 2.29. The summed E-state index contributed by atoms with van der Waals surface area (Å²) in [4.78, 5) is 62.3. The number of benzene rings is 2. The molecule has 1 aliphatic heterocycles. The molecule has 3 N–H and O–H groups in total. The molecule has 2 aromatic carbocycles. The minimum Gasteiger partial charge on any atom is -0.480 e.